The van der Waals surface area contributed by atoms with Crippen LogP contribution in [0.25, 0.3) is 11.3 Å². The SMILES string of the molecule is O=C(O)c1ccc(Nc2nc(-c3cc(Cl)ccc3OCc3ccc(C(F)(F)F)cc3)cs2)c(OCCC2CCCCC2)c1. The molecule has 226 valence electrons. The molecule has 1 aliphatic rings. The first kappa shape index (κ1) is 30.7. The molecule has 5 rings (SSSR count). The van der Waals surface area contributed by atoms with Crippen molar-refractivity contribution in [1.29, 1.82) is 0 Å². The van der Waals surface area contributed by atoms with E-state index >= 15 is 0 Å². The Morgan fingerprint density at radius 1 is 1.00 bits per heavy atom. The highest BCUT2D eigenvalue weighted by Crippen LogP contribution is 2.37. The molecule has 0 aliphatic heterocycles. The molecule has 11 heteroatoms. The van der Waals surface area contributed by atoms with E-state index in [9.17, 15) is 23.1 Å². The van der Waals surface area contributed by atoms with Gasteiger partial charge in [-0.15, -0.1) is 11.3 Å². The van der Waals surface area contributed by atoms with Crippen LogP contribution < -0.4 is 14.8 Å². The highest BCUT2D eigenvalue weighted by atomic mass is 35.5. The molecule has 3 aromatic carbocycles. The maximum absolute atomic E-state index is 12.9. The second-order valence-electron chi connectivity index (χ2n) is 10.4. The van der Waals surface area contributed by atoms with Crippen LogP contribution in [0.5, 0.6) is 11.5 Å². The Morgan fingerprint density at radius 2 is 1.77 bits per heavy atom. The van der Waals surface area contributed by atoms with E-state index in [1.807, 2.05) is 5.38 Å². The number of carboxylic acids is 1. The lowest BCUT2D eigenvalue weighted by Crippen LogP contribution is -2.11. The Morgan fingerprint density at radius 3 is 2.49 bits per heavy atom. The number of thiazole rings is 1. The van der Waals surface area contributed by atoms with Crippen molar-refractivity contribution < 1.29 is 32.5 Å². The summed E-state index contributed by atoms with van der Waals surface area (Å²) in [7, 11) is 0. The van der Waals surface area contributed by atoms with Gasteiger partial charge in [-0.2, -0.15) is 13.2 Å². The molecule has 1 fully saturated rings. The van der Waals surface area contributed by atoms with Crippen LogP contribution >= 0.6 is 22.9 Å². The van der Waals surface area contributed by atoms with Gasteiger partial charge in [0.2, 0.25) is 0 Å². The number of hydrogen-bond donors (Lipinski definition) is 2. The lowest BCUT2D eigenvalue weighted by atomic mass is 9.87. The quantitative estimate of drug-likeness (QED) is 0.172. The first-order valence-corrected chi connectivity index (χ1v) is 15.2. The Labute approximate surface area is 256 Å². The molecule has 0 saturated heterocycles. The molecule has 0 radical (unpaired) electrons. The van der Waals surface area contributed by atoms with Crippen molar-refractivity contribution in [2.24, 2.45) is 5.92 Å². The number of anilines is 2. The molecule has 0 bridgehead atoms. The summed E-state index contributed by atoms with van der Waals surface area (Å²) in [6, 6.07) is 14.6. The second-order valence-corrected chi connectivity index (χ2v) is 11.7. The van der Waals surface area contributed by atoms with Gasteiger partial charge in [-0.25, -0.2) is 9.78 Å². The van der Waals surface area contributed by atoms with Gasteiger partial charge >= 0.3 is 12.1 Å². The van der Waals surface area contributed by atoms with E-state index in [1.165, 1.54) is 67.7 Å². The van der Waals surface area contributed by atoms with E-state index in [1.54, 1.807) is 24.3 Å². The standard InChI is InChI=1S/C32H30ClF3N2O4S/c33-24-11-13-28(42-18-21-6-9-23(10-7-21)32(34,35)36)25(17-24)27-19-43-31(38-27)37-26-12-8-22(30(39)40)16-29(26)41-15-14-20-4-2-1-3-5-20/h6-13,16-17,19-20H,1-5,14-15,18H2,(H,37,38)(H,39,40). The minimum atomic E-state index is -4.40. The molecule has 1 saturated carbocycles. The van der Waals surface area contributed by atoms with Gasteiger partial charge in [-0.05, 0) is 66.4 Å². The zero-order valence-electron chi connectivity index (χ0n) is 23.1. The Bertz CT molecular complexity index is 1550. The fourth-order valence-electron chi connectivity index (χ4n) is 5.04. The summed E-state index contributed by atoms with van der Waals surface area (Å²) in [6.07, 6.45) is 2.68. The second kappa shape index (κ2) is 13.7. The summed E-state index contributed by atoms with van der Waals surface area (Å²) in [5.41, 5.74) is 1.79. The van der Waals surface area contributed by atoms with E-state index in [-0.39, 0.29) is 12.2 Å². The average Bonchev–Trinajstić information content (AvgIpc) is 3.46. The summed E-state index contributed by atoms with van der Waals surface area (Å²) in [6.45, 7) is 0.549. The number of hydrogen-bond acceptors (Lipinski definition) is 6. The van der Waals surface area contributed by atoms with Crippen molar-refractivity contribution in [3.8, 4) is 22.8 Å². The van der Waals surface area contributed by atoms with Gasteiger partial charge in [0.1, 0.15) is 18.1 Å². The van der Waals surface area contributed by atoms with Crippen LogP contribution in [0.1, 0.15) is 60.0 Å². The smallest absolute Gasteiger partial charge is 0.416 e. The third kappa shape index (κ3) is 8.20. The highest BCUT2D eigenvalue weighted by molar-refractivity contribution is 7.14. The molecule has 4 aromatic rings. The molecule has 0 amide bonds. The van der Waals surface area contributed by atoms with Crippen molar-refractivity contribution in [3.63, 3.8) is 0 Å². The Balaban J connectivity index is 1.30. The van der Waals surface area contributed by atoms with Gasteiger partial charge in [0, 0.05) is 16.0 Å². The van der Waals surface area contributed by atoms with Crippen molar-refractivity contribution in [1.82, 2.24) is 4.98 Å². The number of nitrogens with one attached hydrogen (secondary N) is 1. The summed E-state index contributed by atoms with van der Waals surface area (Å²) < 4.78 is 50.7. The molecule has 0 unspecified atom stereocenters. The first-order chi connectivity index (χ1) is 20.7. The normalized spacial score (nSPS) is 14.0. The van der Waals surface area contributed by atoms with Gasteiger partial charge in [-0.3, -0.25) is 0 Å². The molecule has 1 aliphatic carbocycles. The average molecular weight is 631 g/mol. The third-order valence-corrected chi connectivity index (χ3v) is 8.37. The lowest BCUT2D eigenvalue weighted by Gasteiger charge is -2.21. The van der Waals surface area contributed by atoms with E-state index in [4.69, 9.17) is 26.1 Å². The van der Waals surface area contributed by atoms with Crippen LogP contribution in [0.3, 0.4) is 0 Å². The maximum atomic E-state index is 12.9. The fraction of sp³-hybridized carbons (Fsp3) is 0.312. The number of carboxylic acid groups (broad SMARTS) is 1. The molecular formula is C32H30ClF3N2O4S. The number of rotatable bonds is 11. The number of ether oxygens (including phenoxy) is 2. The van der Waals surface area contributed by atoms with Crippen molar-refractivity contribution >= 4 is 39.7 Å². The topological polar surface area (TPSA) is 80.7 Å². The molecule has 1 aromatic heterocycles. The zero-order valence-corrected chi connectivity index (χ0v) is 24.7. The van der Waals surface area contributed by atoms with Crippen LogP contribution in [0.15, 0.2) is 66.0 Å². The number of aromatic carboxylic acids is 1. The van der Waals surface area contributed by atoms with Crippen molar-refractivity contribution in [3.05, 3.63) is 87.8 Å². The summed E-state index contributed by atoms with van der Waals surface area (Å²) in [4.78, 5) is 16.3. The van der Waals surface area contributed by atoms with E-state index in [0.29, 0.717) is 56.7 Å². The highest BCUT2D eigenvalue weighted by Gasteiger charge is 2.30. The lowest BCUT2D eigenvalue weighted by molar-refractivity contribution is -0.137. The number of aromatic nitrogens is 1. The molecule has 6 nitrogen and oxygen atoms in total. The Kier molecular flexibility index (Phi) is 9.77. The first-order valence-electron chi connectivity index (χ1n) is 14.0. The molecule has 43 heavy (non-hydrogen) atoms. The zero-order chi connectivity index (χ0) is 30.4. The minimum Gasteiger partial charge on any atom is -0.491 e. The maximum Gasteiger partial charge on any atom is 0.416 e. The fourth-order valence-corrected chi connectivity index (χ4v) is 5.93. The molecule has 0 spiro atoms. The largest absolute Gasteiger partial charge is 0.491 e. The van der Waals surface area contributed by atoms with Gasteiger partial charge in [0.25, 0.3) is 0 Å². The van der Waals surface area contributed by atoms with Crippen LogP contribution in [-0.4, -0.2) is 22.7 Å². The van der Waals surface area contributed by atoms with Crippen molar-refractivity contribution in [2.45, 2.75) is 51.3 Å². The number of nitrogens with zero attached hydrogens (tertiary/aromatic N) is 1. The Hall–Kier alpha value is -3.76. The van der Waals surface area contributed by atoms with E-state index in [0.717, 1.165) is 18.6 Å². The van der Waals surface area contributed by atoms with Crippen LogP contribution in [-0.2, 0) is 12.8 Å². The van der Waals surface area contributed by atoms with Crippen LogP contribution in [0.4, 0.5) is 24.0 Å². The molecular weight excluding hydrogens is 601 g/mol. The monoisotopic (exact) mass is 630 g/mol. The van der Waals surface area contributed by atoms with Gasteiger partial charge in [0.05, 0.1) is 29.1 Å². The van der Waals surface area contributed by atoms with E-state index < -0.39 is 17.7 Å². The number of halogens is 4. The van der Waals surface area contributed by atoms with Crippen LogP contribution in [0, 0.1) is 5.92 Å². The number of alkyl halides is 3. The number of carbonyl (C=O) groups is 1. The van der Waals surface area contributed by atoms with Crippen molar-refractivity contribution in [2.75, 3.05) is 11.9 Å². The van der Waals surface area contributed by atoms with Crippen LogP contribution in [0.2, 0.25) is 5.02 Å². The predicted molar refractivity (Wildman–Crippen MR) is 162 cm³/mol. The number of benzene rings is 3. The summed E-state index contributed by atoms with van der Waals surface area (Å²) in [5.74, 6) is 0.502. The third-order valence-electron chi connectivity index (χ3n) is 7.38. The van der Waals surface area contributed by atoms with Gasteiger partial charge < -0.3 is 19.9 Å². The minimum absolute atomic E-state index is 0.0551. The van der Waals surface area contributed by atoms with E-state index in [2.05, 4.69) is 5.32 Å². The molecule has 1 heterocycles. The summed E-state index contributed by atoms with van der Waals surface area (Å²) in [5, 5.41) is 15.6. The van der Waals surface area contributed by atoms with Gasteiger partial charge in [-0.1, -0.05) is 55.8 Å². The molecule has 2 N–H and O–H groups in total. The predicted octanol–water partition coefficient (Wildman–Crippen LogP) is 9.85. The summed E-state index contributed by atoms with van der Waals surface area (Å²) >= 11 is 7.62. The molecule has 0 atom stereocenters. The van der Waals surface area contributed by atoms with Gasteiger partial charge in [0.15, 0.2) is 5.13 Å².